The lowest BCUT2D eigenvalue weighted by molar-refractivity contribution is 0.0687. The van der Waals surface area contributed by atoms with Crippen LogP contribution in [0.3, 0.4) is 0 Å². The number of ether oxygens (including phenoxy) is 1. The molecule has 3 aromatic rings. The van der Waals surface area contributed by atoms with Gasteiger partial charge in [0, 0.05) is 18.3 Å². The van der Waals surface area contributed by atoms with E-state index in [4.69, 9.17) is 4.74 Å². The van der Waals surface area contributed by atoms with Crippen LogP contribution < -0.4 is 4.74 Å². The van der Waals surface area contributed by atoms with Crippen molar-refractivity contribution in [2.24, 2.45) is 7.05 Å². The highest BCUT2D eigenvalue weighted by molar-refractivity contribution is 5.97. The van der Waals surface area contributed by atoms with E-state index in [1.54, 1.807) is 18.7 Å². The Balaban J connectivity index is 2.13. The Hall–Kier alpha value is -3.52. The van der Waals surface area contributed by atoms with Gasteiger partial charge in [0.2, 0.25) is 0 Å². The van der Waals surface area contributed by atoms with Gasteiger partial charge in [0.05, 0.1) is 12.7 Å². The lowest BCUT2D eigenvalue weighted by Crippen LogP contribution is -2.07. The van der Waals surface area contributed by atoms with Gasteiger partial charge in [-0.3, -0.25) is 0 Å². The van der Waals surface area contributed by atoms with Crippen molar-refractivity contribution in [2.45, 2.75) is 13.3 Å². The highest BCUT2D eigenvalue weighted by Crippen LogP contribution is 2.34. The van der Waals surface area contributed by atoms with Crippen molar-refractivity contribution in [1.29, 1.82) is 5.26 Å². The number of hydrogen-bond acceptors (Lipinski definition) is 3. The zero-order valence-electron chi connectivity index (χ0n) is 15.5. The van der Waals surface area contributed by atoms with Gasteiger partial charge in [0.15, 0.2) is 0 Å². The Morgan fingerprint density at radius 1 is 1.15 bits per heavy atom. The third kappa shape index (κ3) is 3.18. The number of nitrogens with zero attached hydrogens (tertiary/aromatic N) is 2. The van der Waals surface area contributed by atoms with Crippen molar-refractivity contribution < 1.29 is 14.6 Å². The molecule has 0 saturated carbocycles. The van der Waals surface area contributed by atoms with E-state index < -0.39 is 5.97 Å². The first-order chi connectivity index (χ1) is 13.0. The third-order valence-corrected chi connectivity index (χ3v) is 4.74. The van der Waals surface area contributed by atoms with Crippen molar-refractivity contribution in [3.63, 3.8) is 0 Å². The van der Waals surface area contributed by atoms with Crippen molar-refractivity contribution in [2.75, 3.05) is 7.11 Å². The SMILES string of the molecule is CCc1c(C#N)c(-c2ccc(-c3cccc(OC)c3)cc2)c(C(=O)O)n1C. The molecule has 3 rings (SSSR count). The lowest BCUT2D eigenvalue weighted by Gasteiger charge is -2.07. The molecule has 27 heavy (non-hydrogen) atoms. The fraction of sp³-hybridized carbons (Fsp3) is 0.182. The number of benzene rings is 2. The molecule has 0 amide bonds. The van der Waals surface area contributed by atoms with E-state index in [1.807, 2.05) is 55.5 Å². The average molecular weight is 360 g/mol. The van der Waals surface area contributed by atoms with Gasteiger partial charge in [-0.2, -0.15) is 5.26 Å². The van der Waals surface area contributed by atoms with Gasteiger partial charge in [0.25, 0.3) is 0 Å². The predicted octanol–water partition coefficient (Wildman–Crippen LogP) is 4.50. The van der Waals surface area contributed by atoms with Crippen molar-refractivity contribution in [1.82, 2.24) is 4.57 Å². The quantitative estimate of drug-likeness (QED) is 0.727. The largest absolute Gasteiger partial charge is 0.497 e. The van der Waals surface area contributed by atoms with Crippen LogP contribution in [0.5, 0.6) is 5.75 Å². The second kappa shape index (κ2) is 7.38. The molecule has 0 atom stereocenters. The first kappa shape index (κ1) is 18.3. The molecule has 0 bridgehead atoms. The van der Waals surface area contributed by atoms with Crippen molar-refractivity contribution in [3.8, 4) is 34.1 Å². The number of carbonyl (C=O) groups is 1. The van der Waals surface area contributed by atoms with Crippen LogP contribution in [0, 0.1) is 11.3 Å². The monoisotopic (exact) mass is 360 g/mol. The fourth-order valence-corrected chi connectivity index (χ4v) is 3.43. The number of carboxylic acids is 1. The topological polar surface area (TPSA) is 75.2 Å². The zero-order chi connectivity index (χ0) is 19.6. The predicted molar refractivity (Wildman–Crippen MR) is 104 cm³/mol. The molecule has 0 fully saturated rings. The molecule has 2 aromatic carbocycles. The van der Waals surface area contributed by atoms with Gasteiger partial charge in [-0.1, -0.05) is 43.3 Å². The summed E-state index contributed by atoms with van der Waals surface area (Å²) >= 11 is 0. The lowest BCUT2D eigenvalue weighted by atomic mass is 9.97. The second-order valence-electron chi connectivity index (χ2n) is 6.18. The van der Waals surface area contributed by atoms with Crippen molar-refractivity contribution in [3.05, 3.63) is 65.5 Å². The summed E-state index contributed by atoms with van der Waals surface area (Å²) in [6.07, 6.45) is 0.585. The zero-order valence-corrected chi connectivity index (χ0v) is 15.5. The van der Waals surface area contributed by atoms with E-state index in [0.717, 1.165) is 22.6 Å². The van der Waals surface area contributed by atoms with Crippen molar-refractivity contribution >= 4 is 5.97 Å². The number of carboxylic acid groups (broad SMARTS) is 1. The maximum absolute atomic E-state index is 11.8. The molecule has 0 radical (unpaired) electrons. The summed E-state index contributed by atoms with van der Waals surface area (Å²) in [6, 6.07) is 17.5. The Labute approximate surface area is 158 Å². The Bertz CT molecular complexity index is 1040. The summed E-state index contributed by atoms with van der Waals surface area (Å²) in [6.45, 7) is 1.91. The minimum atomic E-state index is -1.04. The molecule has 0 aliphatic carbocycles. The molecule has 1 aromatic heterocycles. The third-order valence-electron chi connectivity index (χ3n) is 4.74. The molecular weight excluding hydrogens is 340 g/mol. The molecule has 5 heteroatoms. The van der Waals surface area contributed by atoms with Gasteiger partial charge >= 0.3 is 5.97 Å². The number of rotatable bonds is 5. The molecule has 136 valence electrons. The molecule has 1 heterocycles. The first-order valence-electron chi connectivity index (χ1n) is 8.61. The number of methoxy groups -OCH3 is 1. The normalized spacial score (nSPS) is 10.4. The van der Waals surface area contributed by atoms with E-state index in [1.165, 1.54) is 0 Å². The number of aromatic carboxylic acids is 1. The summed E-state index contributed by atoms with van der Waals surface area (Å²) in [5.41, 5.74) is 4.46. The van der Waals surface area contributed by atoms with Crippen LogP contribution in [-0.4, -0.2) is 22.8 Å². The van der Waals surface area contributed by atoms with Gasteiger partial charge in [0.1, 0.15) is 17.5 Å². The molecule has 5 nitrogen and oxygen atoms in total. The number of hydrogen-bond donors (Lipinski definition) is 1. The molecular formula is C22H20N2O3. The fourth-order valence-electron chi connectivity index (χ4n) is 3.43. The maximum atomic E-state index is 11.8. The van der Waals surface area contributed by atoms with Crippen LogP contribution in [0.1, 0.15) is 28.7 Å². The molecule has 0 unspecified atom stereocenters. The summed E-state index contributed by atoms with van der Waals surface area (Å²) < 4.78 is 6.87. The number of nitriles is 1. The average Bonchev–Trinajstić information content (AvgIpc) is 2.99. The minimum Gasteiger partial charge on any atom is -0.497 e. The highest BCUT2D eigenvalue weighted by atomic mass is 16.5. The Morgan fingerprint density at radius 2 is 1.81 bits per heavy atom. The van der Waals surface area contributed by atoms with Gasteiger partial charge in [-0.15, -0.1) is 0 Å². The summed E-state index contributed by atoms with van der Waals surface area (Å²) in [4.78, 5) is 11.8. The summed E-state index contributed by atoms with van der Waals surface area (Å²) in [7, 11) is 3.32. The van der Waals surface area contributed by atoms with E-state index >= 15 is 0 Å². The Morgan fingerprint density at radius 3 is 2.37 bits per heavy atom. The first-order valence-corrected chi connectivity index (χ1v) is 8.61. The van der Waals surface area contributed by atoms with Gasteiger partial charge < -0.3 is 14.4 Å². The van der Waals surface area contributed by atoms with E-state index in [-0.39, 0.29) is 5.69 Å². The molecule has 0 aliphatic heterocycles. The van der Waals surface area contributed by atoms with Gasteiger partial charge in [-0.25, -0.2) is 4.79 Å². The summed E-state index contributed by atoms with van der Waals surface area (Å²) in [5, 5.41) is 19.3. The van der Waals surface area contributed by atoms with E-state index in [2.05, 4.69) is 6.07 Å². The minimum absolute atomic E-state index is 0.137. The maximum Gasteiger partial charge on any atom is 0.353 e. The smallest absolute Gasteiger partial charge is 0.353 e. The number of aromatic nitrogens is 1. The highest BCUT2D eigenvalue weighted by Gasteiger charge is 2.25. The molecule has 0 aliphatic rings. The standard InChI is InChI=1S/C22H20N2O3/c1-4-19-18(13-23)20(21(22(25)26)24(19)2)15-10-8-14(9-11-15)16-6-5-7-17(12-16)27-3/h5-12H,4H2,1-3H3,(H,25,26). The van der Waals surface area contributed by atoms with E-state index in [0.29, 0.717) is 23.1 Å². The Kier molecular flexibility index (Phi) is 5.00. The van der Waals surface area contributed by atoms with Crippen LogP contribution in [0.25, 0.3) is 22.3 Å². The summed E-state index contributed by atoms with van der Waals surface area (Å²) in [5.74, 6) is -0.271. The molecule has 1 N–H and O–H groups in total. The van der Waals surface area contributed by atoms with Gasteiger partial charge in [-0.05, 0) is 35.2 Å². The van der Waals surface area contributed by atoms with Crippen LogP contribution in [-0.2, 0) is 13.5 Å². The van der Waals surface area contributed by atoms with Crippen LogP contribution in [0.4, 0.5) is 0 Å². The van der Waals surface area contributed by atoms with Crippen LogP contribution in [0.15, 0.2) is 48.5 Å². The second-order valence-corrected chi connectivity index (χ2v) is 6.18. The van der Waals surface area contributed by atoms with Crippen LogP contribution >= 0.6 is 0 Å². The molecule has 0 spiro atoms. The molecule has 0 saturated heterocycles. The van der Waals surface area contributed by atoms with E-state index in [9.17, 15) is 15.2 Å². The van der Waals surface area contributed by atoms with Crippen LogP contribution in [0.2, 0.25) is 0 Å².